The standard InChI is InChI=1S/C12H19NO2/c1-2-3-4-5-6-7-10-13-11(14)8-9-12(13)15/h6-7H,2-5,8-10H2,1H3/b7-6+. The van der Waals surface area contributed by atoms with Crippen LogP contribution in [0.25, 0.3) is 0 Å². The van der Waals surface area contributed by atoms with Crippen LogP contribution in [0.5, 0.6) is 0 Å². The van der Waals surface area contributed by atoms with Crippen molar-refractivity contribution < 1.29 is 9.59 Å². The predicted octanol–water partition coefficient (Wildman–Crippen LogP) is 2.27. The SMILES string of the molecule is CCCCC/C=C/CN1C(=O)CCC1=O. The highest BCUT2D eigenvalue weighted by molar-refractivity contribution is 6.02. The van der Waals surface area contributed by atoms with E-state index in [4.69, 9.17) is 0 Å². The average Bonchev–Trinajstić information content (AvgIpc) is 2.54. The van der Waals surface area contributed by atoms with Gasteiger partial charge in [-0.3, -0.25) is 14.5 Å². The minimum Gasteiger partial charge on any atom is -0.279 e. The van der Waals surface area contributed by atoms with Gasteiger partial charge in [-0.1, -0.05) is 31.9 Å². The van der Waals surface area contributed by atoms with Crippen molar-refractivity contribution in [1.82, 2.24) is 4.90 Å². The van der Waals surface area contributed by atoms with Crippen molar-refractivity contribution in [2.75, 3.05) is 6.54 Å². The number of imide groups is 1. The van der Waals surface area contributed by atoms with Crippen LogP contribution in [0, 0.1) is 0 Å². The van der Waals surface area contributed by atoms with Crippen LogP contribution in [0.1, 0.15) is 45.4 Å². The van der Waals surface area contributed by atoms with Crippen molar-refractivity contribution >= 4 is 11.8 Å². The topological polar surface area (TPSA) is 37.4 Å². The maximum absolute atomic E-state index is 11.2. The Balaban J connectivity index is 2.18. The summed E-state index contributed by atoms with van der Waals surface area (Å²) in [5.41, 5.74) is 0. The molecule has 0 saturated carbocycles. The third-order valence-electron chi connectivity index (χ3n) is 2.58. The first-order valence-electron chi connectivity index (χ1n) is 5.74. The number of rotatable bonds is 6. The molecule has 15 heavy (non-hydrogen) atoms. The molecule has 2 amide bonds. The first kappa shape index (κ1) is 12.0. The number of amides is 2. The first-order chi connectivity index (χ1) is 7.25. The predicted molar refractivity (Wildman–Crippen MR) is 59.2 cm³/mol. The Morgan fingerprint density at radius 2 is 1.80 bits per heavy atom. The normalized spacial score (nSPS) is 17.0. The van der Waals surface area contributed by atoms with Crippen LogP contribution in [0.15, 0.2) is 12.2 Å². The van der Waals surface area contributed by atoms with Gasteiger partial charge in [-0.15, -0.1) is 0 Å². The van der Waals surface area contributed by atoms with Gasteiger partial charge < -0.3 is 0 Å². The average molecular weight is 209 g/mol. The molecule has 3 heteroatoms. The molecule has 1 aliphatic heterocycles. The monoisotopic (exact) mass is 209 g/mol. The molecule has 0 spiro atoms. The van der Waals surface area contributed by atoms with E-state index in [0.29, 0.717) is 19.4 Å². The zero-order chi connectivity index (χ0) is 11.1. The van der Waals surface area contributed by atoms with Gasteiger partial charge in [0.05, 0.1) is 0 Å². The van der Waals surface area contributed by atoms with Crippen molar-refractivity contribution in [3.63, 3.8) is 0 Å². The molecule has 0 aromatic carbocycles. The second kappa shape index (κ2) is 6.38. The van der Waals surface area contributed by atoms with Crippen LogP contribution in [0.4, 0.5) is 0 Å². The quantitative estimate of drug-likeness (QED) is 0.382. The fraction of sp³-hybridized carbons (Fsp3) is 0.667. The van der Waals surface area contributed by atoms with Crippen LogP contribution in [-0.4, -0.2) is 23.3 Å². The largest absolute Gasteiger partial charge is 0.279 e. The molecule has 0 aliphatic carbocycles. The Morgan fingerprint density at radius 3 is 2.40 bits per heavy atom. The molecule has 3 nitrogen and oxygen atoms in total. The molecule has 1 rings (SSSR count). The van der Waals surface area contributed by atoms with Crippen LogP contribution < -0.4 is 0 Å². The lowest BCUT2D eigenvalue weighted by atomic mass is 10.2. The second-order valence-electron chi connectivity index (χ2n) is 3.87. The fourth-order valence-electron chi connectivity index (χ4n) is 1.64. The van der Waals surface area contributed by atoms with E-state index in [-0.39, 0.29) is 11.8 Å². The van der Waals surface area contributed by atoms with Crippen molar-refractivity contribution in [3.8, 4) is 0 Å². The van der Waals surface area contributed by atoms with E-state index >= 15 is 0 Å². The van der Waals surface area contributed by atoms with Gasteiger partial charge in [0.1, 0.15) is 0 Å². The van der Waals surface area contributed by atoms with Gasteiger partial charge in [0.25, 0.3) is 0 Å². The summed E-state index contributed by atoms with van der Waals surface area (Å²) in [7, 11) is 0. The number of likely N-dealkylation sites (tertiary alicyclic amines) is 1. The lowest BCUT2D eigenvalue weighted by Gasteiger charge is -2.09. The Hall–Kier alpha value is -1.12. The number of carbonyl (C=O) groups is 2. The third-order valence-corrected chi connectivity index (χ3v) is 2.58. The van der Waals surface area contributed by atoms with Crippen molar-refractivity contribution in [3.05, 3.63) is 12.2 Å². The molecule has 0 bridgehead atoms. The smallest absolute Gasteiger partial charge is 0.229 e. The van der Waals surface area contributed by atoms with E-state index in [2.05, 4.69) is 13.0 Å². The van der Waals surface area contributed by atoms with Gasteiger partial charge in [0.2, 0.25) is 11.8 Å². The number of carbonyl (C=O) groups excluding carboxylic acids is 2. The van der Waals surface area contributed by atoms with Gasteiger partial charge in [0.15, 0.2) is 0 Å². The number of nitrogens with zero attached hydrogens (tertiary/aromatic N) is 1. The minimum atomic E-state index is -0.0294. The van der Waals surface area contributed by atoms with E-state index in [1.807, 2.05) is 6.08 Å². The lowest BCUT2D eigenvalue weighted by Crippen LogP contribution is -2.28. The van der Waals surface area contributed by atoms with E-state index in [1.165, 1.54) is 24.2 Å². The highest BCUT2D eigenvalue weighted by atomic mass is 16.2. The van der Waals surface area contributed by atoms with E-state index in [0.717, 1.165) is 6.42 Å². The van der Waals surface area contributed by atoms with E-state index in [9.17, 15) is 9.59 Å². The zero-order valence-corrected chi connectivity index (χ0v) is 9.37. The Kier molecular flexibility index (Phi) is 5.08. The first-order valence-corrected chi connectivity index (χ1v) is 5.74. The Labute approximate surface area is 91.1 Å². The van der Waals surface area contributed by atoms with E-state index < -0.39 is 0 Å². The summed E-state index contributed by atoms with van der Waals surface area (Å²) in [5.74, 6) is -0.0589. The number of hydrogen-bond acceptors (Lipinski definition) is 2. The molecule has 0 unspecified atom stereocenters. The summed E-state index contributed by atoms with van der Waals surface area (Å²) in [6.45, 7) is 2.63. The molecule has 0 atom stereocenters. The number of unbranched alkanes of at least 4 members (excludes halogenated alkanes) is 3. The van der Waals surface area contributed by atoms with Gasteiger partial charge in [0, 0.05) is 19.4 Å². The highest BCUT2D eigenvalue weighted by Gasteiger charge is 2.27. The molecule has 84 valence electrons. The molecule has 1 aliphatic rings. The summed E-state index contributed by atoms with van der Waals surface area (Å²) in [6.07, 6.45) is 9.47. The molecule has 1 heterocycles. The summed E-state index contributed by atoms with van der Waals surface area (Å²) >= 11 is 0. The van der Waals surface area contributed by atoms with Crippen molar-refractivity contribution in [1.29, 1.82) is 0 Å². The van der Waals surface area contributed by atoms with Gasteiger partial charge in [-0.25, -0.2) is 0 Å². The minimum absolute atomic E-state index is 0.0294. The summed E-state index contributed by atoms with van der Waals surface area (Å²) in [6, 6.07) is 0. The van der Waals surface area contributed by atoms with Gasteiger partial charge in [-0.05, 0) is 12.8 Å². The molecular weight excluding hydrogens is 190 g/mol. The molecular formula is C12H19NO2. The molecule has 1 fully saturated rings. The fourth-order valence-corrected chi connectivity index (χ4v) is 1.64. The number of hydrogen-bond donors (Lipinski definition) is 0. The highest BCUT2D eigenvalue weighted by Crippen LogP contribution is 2.11. The van der Waals surface area contributed by atoms with Crippen molar-refractivity contribution in [2.24, 2.45) is 0 Å². The van der Waals surface area contributed by atoms with Crippen LogP contribution in [0.3, 0.4) is 0 Å². The molecule has 0 radical (unpaired) electrons. The van der Waals surface area contributed by atoms with Gasteiger partial charge in [-0.2, -0.15) is 0 Å². The van der Waals surface area contributed by atoms with Crippen LogP contribution in [0.2, 0.25) is 0 Å². The summed E-state index contributed by atoms with van der Waals surface area (Å²) in [5, 5.41) is 0. The maximum atomic E-state index is 11.2. The maximum Gasteiger partial charge on any atom is 0.229 e. The Bertz CT molecular complexity index is 242. The van der Waals surface area contributed by atoms with Crippen LogP contribution in [-0.2, 0) is 9.59 Å². The molecule has 0 aromatic rings. The van der Waals surface area contributed by atoms with Crippen molar-refractivity contribution in [2.45, 2.75) is 45.4 Å². The molecule has 0 aromatic heterocycles. The van der Waals surface area contributed by atoms with E-state index in [1.54, 1.807) is 0 Å². The summed E-state index contributed by atoms with van der Waals surface area (Å²) in [4.78, 5) is 23.8. The second-order valence-corrected chi connectivity index (χ2v) is 3.87. The zero-order valence-electron chi connectivity index (χ0n) is 9.37. The van der Waals surface area contributed by atoms with Crippen LogP contribution >= 0.6 is 0 Å². The number of allylic oxidation sites excluding steroid dienone is 1. The molecule has 1 saturated heterocycles. The molecule has 0 N–H and O–H groups in total. The third kappa shape index (κ3) is 3.86. The van der Waals surface area contributed by atoms with Gasteiger partial charge >= 0.3 is 0 Å². The summed E-state index contributed by atoms with van der Waals surface area (Å²) < 4.78 is 0. The lowest BCUT2D eigenvalue weighted by molar-refractivity contribution is -0.137. The Morgan fingerprint density at radius 1 is 1.13 bits per heavy atom.